The normalized spacial score (nSPS) is 10.9. The molecule has 14 heteroatoms. The largest absolute Gasteiger partial charge is 0.463 e. The molecule has 4 aromatic rings. The standard InChI is InChI=1S/C37H47N7O7/c1-4-5-6-9-20-51-37(47)42-35(38)27-11-14-29(15-12-27)40-26-33-41-30-25-28(13-16-31(30)43(33)2)36(46)44(32-10-7-8-18-39-32)19-17-34(45)50-24-23-49-22-21-48-3/h7-8,10-16,18,25,40H,4-6,9,17,19-24,26H2,1-3H3,(H2,38,42,47). The van der Waals surface area contributed by atoms with Crippen molar-refractivity contribution in [3.8, 4) is 0 Å². The lowest BCUT2D eigenvalue weighted by molar-refractivity contribution is -0.145. The molecule has 0 saturated carbocycles. The van der Waals surface area contributed by atoms with Crippen LogP contribution in [0.5, 0.6) is 0 Å². The van der Waals surface area contributed by atoms with E-state index in [1.165, 1.54) is 4.90 Å². The number of amidine groups is 1. The van der Waals surface area contributed by atoms with Gasteiger partial charge in [0.05, 0.1) is 50.4 Å². The number of aryl methyl sites for hydroxylation is 1. The lowest BCUT2D eigenvalue weighted by atomic mass is 10.1. The molecule has 0 atom stereocenters. The number of nitrogens with one attached hydrogen (secondary N) is 3. The SMILES string of the molecule is CCCCCCOC(=O)NC(=N)c1ccc(NCc2nc3cc(C(=O)N(CCC(=O)OCCOCCOC)c4ccccn4)ccc3n2C)cc1. The Bertz CT molecular complexity index is 1730. The Morgan fingerprint density at radius 3 is 2.43 bits per heavy atom. The molecule has 3 N–H and O–H groups in total. The highest BCUT2D eigenvalue weighted by Crippen LogP contribution is 2.21. The third-order valence-electron chi connectivity index (χ3n) is 7.94. The summed E-state index contributed by atoms with van der Waals surface area (Å²) in [4.78, 5) is 48.8. The van der Waals surface area contributed by atoms with Crippen molar-refractivity contribution in [1.82, 2.24) is 19.9 Å². The Balaban J connectivity index is 1.34. The van der Waals surface area contributed by atoms with Crippen LogP contribution in [0.25, 0.3) is 11.0 Å². The summed E-state index contributed by atoms with van der Waals surface area (Å²) in [6.45, 7) is 4.16. The first-order chi connectivity index (χ1) is 24.8. The number of carbonyl (C=O) groups excluding carboxylic acids is 3. The highest BCUT2D eigenvalue weighted by molar-refractivity contribution is 6.07. The van der Waals surface area contributed by atoms with Gasteiger partial charge in [-0.1, -0.05) is 32.3 Å². The van der Waals surface area contributed by atoms with Gasteiger partial charge in [0.25, 0.3) is 5.91 Å². The van der Waals surface area contributed by atoms with Gasteiger partial charge in [-0.25, -0.2) is 14.8 Å². The first-order valence-electron chi connectivity index (χ1n) is 17.1. The maximum atomic E-state index is 13.8. The van der Waals surface area contributed by atoms with E-state index in [0.717, 1.165) is 42.7 Å². The minimum Gasteiger partial charge on any atom is -0.463 e. The molecule has 0 bridgehead atoms. The number of hydrogen-bond donors (Lipinski definition) is 3. The summed E-state index contributed by atoms with van der Waals surface area (Å²) in [7, 11) is 3.49. The lowest BCUT2D eigenvalue weighted by Gasteiger charge is -2.21. The van der Waals surface area contributed by atoms with Gasteiger partial charge in [-0.05, 0) is 61.0 Å². The van der Waals surface area contributed by atoms with E-state index < -0.39 is 12.1 Å². The molecule has 2 aromatic heterocycles. The van der Waals surface area contributed by atoms with Crippen molar-refractivity contribution in [2.75, 3.05) is 56.9 Å². The number of aromatic nitrogens is 3. The number of alkyl carbamates (subject to hydrolysis) is 1. The maximum Gasteiger partial charge on any atom is 0.412 e. The van der Waals surface area contributed by atoms with Crippen LogP contribution >= 0.6 is 0 Å². The van der Waals surface area contributed by atoms with Gasteiger partial charge in [-0.15, -0.1) is 0 Å². The second kappa shape index (κ2) is 20.4. The van der Waals surface area contributed by atoms with Crippen molar-refractivity contribution < 1.29 is 33.3 Å². The lowest BCUT2D eigenvalue weighted by Crippen LogP contribution is -2.34. The van der Waals surface area contributed by atoms with Gasteiger partial charge in [-0.3, -0.25) is 25.2 Å². The van der Waals surface area contributed by atoms with Gasteiger partial charge < -0.3 is 28.8 Å². The second-order valence-corrected chi connectivity index (χ2v) is 11.6. The van der Waals surface area contributed by atoms with E-state index in [1.54, 1.807) is 55.8 Å². The Hall–Kier alpha value is -5.34. The fourth-order valence-electron chi connectivity index (χ4n) is 5.10. The zero-order chi connectivity index (χ0) is 36.4. The molecule has 4 rings (SSSR count). The average molecular weight is 702 g/mol. The molecular formula is C37H47N7O7. The first-order valence-corrected chi connectivity index (χ1v) is 17.1. The third kappa shape index (κ3) is 11.9. The van der Waals surface area contributed by atoms with Crippen LogP contribution in [-0.2, 0) is 37.3 Å². The van der Waals surface area contributed by atoms with Crippen molar-refractivity contribution in [3.63, 3.8) is 0 Å². The Morgan fingerprint density at radius 2 is 1.69 bits per heavy atom. The molecule has 2 aromatic carbocycles. The Labute approximate surface area is 298 Å². The predicted molar refractivity (Wildman–Crippen MR) is 194 cm³/mol. The number of nitrogens with zero attached hydrogens (tertiary/aromatic N) is 4. The van der Waals surface area contributed by atoms with Crippen LogP contribution in [0.1, 0.15) is 60.8 Å². The van der Waals surface area contributed by atoms with Crippen LogP contribution in [0, 0.1) is 5.41 Å². The number of methoxy groups -OCH3 is 1. The number of unbranched alkanes of at least 4 members (excludes halogenated alkanes) is 3. The number of anilines is 2. The van der Waals surface area contributed by atoms with E-state index in [9.17, 15) is 14.4 Å². The zero-order valence-corrected chi connectivity index (χ0v) is 29.5. The molecule has 0 aliphatic rings. The molecule has 0 unspecified atom stereocenters. The number of benzene rings is 2. The molecule has 51 heavy (non-hydrogen) atoms. The van der Waals surface area contributed by atoms with Gasteiger partial charge in [0.1, 0.15) is 24.1 Å². The minimum absolute atomic E-state index is 0.0214. The maximum absolute atomic E-state index is 13.8. The predicted octanol–water partition coefficient (Wildman–Crippen LogP) is 5.46. The van der Waals surface area contributed by atoms with Gasteiger partial charge >= 0.3 is 12.1 Å². The average Bonchev–Trinajstić information content (AvgIpc) is 3.46. The number of carbonyl (C=O) groups is 3. The molecule has 0 saturated heterocycles. The highest BCUT2D eigenvalue weighted by atomic mass is 16.6. The topological polar surface area (TPSA) is 170 Å². The van der Waals surface area contributed by atoms with Crippen LogP contribution in [0.4, 0.5) is 16.3 Å². The number of hydrogen-bond acceptors (Lipinski definition) is 11. The van der Waals surface area contributed by atoms with E-state index in [1.807, 2.05) is 29.8 Å². The molecule has 0 aliphatic carbocycles. The minimum atomic E-state index is -0.633. The molecule has 2 amide bonds. The first kappa shape index (κ1) is 38.5. The molecule has 2 heterocycles. The smallest absolute Gasteiger partial charge is 0.412 e. The number of amides is 2. The van der Waals surface area contributed by atoms with Crippen LogP contribution in [0.15, 0.2) is 66.9 Å². The van der Waals surface area contributed by atoms with Crippen LogP contribution < -0.4 is 15.5 Å². The summed E-state index contributed by atoms with van der Waals surface area (Å²) in [5.74, 6) is 0.345. The van der Waals surface area contributed by atoms with Gasteiger partial charge in [0, 0.05) is 43.7 Å². The zero-order valence-electron chi connectivity index (χ0n) is 29.5. The van der Waals surface area contributed by atoms with Crippen molar-refractivity contribution in [1.29, 1.82) is 5.41 Å². The van der Waals surface area contributed by atoms with Crippen molar-refractivity contribution in [2.45, 2.75) is 45.6 Å². The van der Waals surface area contributed by atoms with Gasteiger partial charge in [0.15, 0.2) is 0 Å². The summed E-state index contributed by atoms with van der Waals surface area (Å²) < 4.78 is 22.6. The molecular weight excluding hydrogens is 654 g/mol. The summed E-state index contributed by atoms with van der Waals surface area (Å²) in [5, 5.41) is 14.0. The fourth-order valence-corrected chi connectivity index (χ4v) is 5.10. The third-order valence-corrected chi connectivity index (χ3v) is 7.94. The van der Waals surface area contributed by atoms with Gasteiger partial charge in [0.2, 0.25) is 0 Å². The van der Waals surface area contributed by atoms with Crippen molar-refractivity contribution >= 4 is 46.3 Å². The quantitative estimate of drug-likeness (QED) is 0.0466. The van der Waals surface area contributed by atoms with Crippen LogP contribution in [-0.4, -0.2) is 85.0 Å². The molecule has 0 aliphatic heterocycles. The number of rotatable bonds is 20. The summed E-state index contributed by atoms with van der Waals surface area (Å²) in [6.07, 6.45) is 4.95. The van der Waals surface area contributed by atoms with Crippen LogP contribution in [0.2, 0.25) is 0 Å². The monoisotopic (exact) mass is 701 g/mol. The van der Waals surface area contributed by atoms with Crippen molar-refractivity contribution in [3.05, 3.63) is 83.8 Å². The van der Waals surface area contributed by atoms with Crippen LogP contribution in [0.3, 0.4) is 0 Å². The number of pyridine rings is 1. The summed E-state index contributed by atoms with van der Waals surface area (Å²) in [6, 6.07) is 17.7. The summed E-state index contributed by atoms with van der Waals surface area (Å²) >= 11 is 0. The second-order valence-electron chi connectivity index (χ2n) is 11.6. The number of esters is 1. The molecule has 0 fully saturated rings. The number of imidazole rings is 1. The molecule has 0 radical (unpaired) electrons. The van der Waals surface area contributed by atoms with Gasteiger partial charge in [-0.2, -0.15) is 0 Å². The highest BCUT2D eigenvalue weighted by Gasteiger charge is 2.22. The Morgan fingerprint density at radius 1 is 0.902 bits per heavy atom. The van der Waals surface area contributed by atoms with E-state index >= 15 is 0 Å². The van der Waals surface area contributed by atoms with E-state index in [4.69, 9.17) is 29.3 Å². The number of ether oxygens (including phenoxy) is 4. The molecule has 0 spiro atoms. The molecule has 272 valence electrons. The van der Waals surface area contributed by atoms with E-state index in [0.29, 0.717) is 48.8 Å². The summed E-state index contributed by atoms with van der Waals surface area (Å²) in [5.41, 5.74) is 3.23. The van der Waals surface area contributed by atoms with E-state index in [2.05, 4.69) is 22.5 Å². The fraction of sp³-hybridized carbons (Fsp3) is 0.405. The molecule has 14 nitrogen and oxygen atoms in total. The number of fused-ring (bicyclic) bond motifs is 1. The van der Waals surface area contributed by atoms with Crippen molar-refractivity contribution in [2.24, 2.45) is 7.05 Å². The van der Waals surface area contributed by atoms with E-state index in [-0.39, 0.29) is 37.9 Å². The Kier molecular flexibility index (Phi) is 15.4.